The Kier molecular flexibility index (Phi) is 5.13. The second-order valence-electron chi connectivity index (χ2n) is 3.93. The van der Waals surface area contributed by atoms with E-state index in [1.54, 1.807) is 12.1 Å². The molecular formula is C12H17N3O3. The van der Waals surface area contributed by atoms with Gasteiger partial charge in [0.25, 0.3) is 11.8 Å². The monoisotopic (exact) mass is 251 g/mol. The number of hydrogen-bond donors (Lipinski definition) is 3. The van der Waals surface area contributed by atoms with E-state index in [2.05, 4.69) is 10.9 Å². The zero-order chi connectivity index (χ0) is 13.5. The van der Waals surface area contributed by atoms with Crippen molar-refractivity contribution in [1.82, 2.24) is 10.9 Å². The maximum atomic E-state index is 11.3. The zero-order valence-electron chi connectivity index (χ0n) is 10.4. The molecule has 6 nitrogen and oxygen atoms in total. The van der Waals surface area contributed by atoms with Crippen LogP contribution in [0.25, 0.3) is 0 Å². The molecule has 4 N–H and O–H groups in total. The summed E-state index contributed by atoms with van der Waals surface area (Å²) in [5.41, 5.74) is 10.8. The fraction of sp³-hybridized carbons (Fsp3) is 0.333. The van der Waals surface area contributed by atoms with Gasteiger partial charge >= 0.3 is 0 Å². The van der Waals surface area contributed by atoms with E-state index < -0.39 is 17.9 Å². The standard InChI is InChI=1S/C12H17N3O3/c1-8-3-5-10(6-4-8)18-7-11(16)14-15-12(17)9(2)13/h3-6,9H,7,13H2,1-2H3,(H,14,16)(H,15,17). The van der Waals surface area contributed by atoms with Crippen LogP contribution < -0.4 is 21.3 Å². The first kappa shape index (κ1) is 14.0. The summed E-state index contributed by atoms with van der Waals surface area (Å²) in [6, 6.07) is 6.62. The van der Waals surface area contributed by atoms with Crippen molar-refractivity contribution in [2.45, 2.75) is 19.9 Å². The topological polar surface area (TPSA) is 93.5 Å². The predicted molar refractivity (Wildman–Crippen MR) is 66.6 cm³/mol. The van der Waals surface area contributed by atoms with E-state index in [0.29, 0.717) is 5.75 Å². The van der Waals surface area contributed by atoms with Crippen molar-refractivity contribution in [3.05, 3.63) is 29.8 Å². The van der Waals surface area contributed by atoms with Crippen molar-refractivity contribution in [3.63, 3.8) is 0 Å². The van der Waals surface area contributed by atoms with Gasteiger partial charge in [0.05, 0.1) is 6.04 Å². The van der Waals surface area contributed by atoms with Crippen LogP contribution in [0.3, 0.4) is 0 Å². The summed E-state index contributed by atoms with van der Waals surface area (Å²) in [5.74, 6) is -0.322. The molecule has 1 aromatic rings. The normalized spacial score (nSPS) is 11.5. The van der Waals surface area contributed by atoms with Crippen molar-refractivity contribution in [2.75, 3.05) is 6.61 Å². The molecule has 2 amide bonds. The Morgan fingerprint density at radius 1 is 1.28 bits per heavy atom. The van der Waals surface area contributed by atoms with E-state index in [-0.39, 0.29) is 6.61 Å². The molecule has 0 aliphatic heterocycles. The van der Waals surface area contributed by atoms with Crippen LogP contribution in [-0.2, 0) is 9.59 Å². The predicted octanol–water partition coefficient (Wildman–Crippen LogP) is -0.132. The fourth-order valence-electron chi connectivity index (χ4n) is 1.06. The van der Waals surface area contributed by atoms with Gasteiger partial charge in [0, 0.05) is 0 Å². The van der Waals surface area contributed by atoms with Crippen LogP contribution >= 0.6 is 0 Å². The van der Waals surface area contributed by atoms with Crippen molar-refractivity contribution in [3.8, 4) is 5.75 Å². The van der Waals surface area contributed by atoms with E-state index in [1.165, 1.54) is 6.92 Å². The third kappa shape index (κ3) is 4.84. The second kappa shape index (κ2) is 6.61. The number of carbonyl (C=O) groups excluding carboxylic acids is 2. The lowest BCUT2D eigenvalue weighted by Crippen LogP contribution is -2.49. The molecule has 0 saturated heterocycles. The van der Waals surface area contributed by atoms with Gasteiger partial charge in [-0.2, -0.15) is 0 Å². The second-order valence-corrected chi connectivity index (χ2v) is 3.93. The Bertz CT molecular complexity index is 415. The van der Waals surface area contributed by atoms with Gasteiger partial charge in [-0.05, 0) is 26.0 Å². The molecule has 1 aromatic carbocycles. The molecule has 1 rings (SSSR count). The first-order valence-electron chi connectivity index (χ1n) is 5.53. The molecule has 0 aromatic heterocycles. The summed E-state index contributed by atoms with van der Waals surface area (Å²) in [6.45, 7) is 3.30. The minimum absolute atomic E-state index is 0.178. The number of amides is 2. The summed E-state index contributed by atoms with van der Waals surface area (Å²) >= 11 is 0. The van der Waals surface area contributed by atoms with Gasteiger partial charge in [-0.15, -0.1) is 0 Å². The Morgan fingerprint density at radius 2 is 1.89 bits per heavy atom. The highest BCUT2D eigenvalue weighted by atomic mass is 16.5. The number of nitrogens with two attached hydrogens (primary N) is 1. The highest BCUT2D eigenvalue weighted by molar-refractivity contribution is 5.85. The van der Waals surface area contributed by atoms with E-state index in [0.717, 1.165) is 5.56 Å². The maximum absolute atomic E-state index is 11.3. The number of hydrazine groups is 1. The Balaban J connectivity index is 2.29. The molecule has 0 heterocycles. The third-order valence-corrected chi connectivity index (χ3v) is 2.13. The number of rotatable bonds is 4. The van der Waals surface area contributed by atoms with Crippen molar-refractivity contribution in [2.24, 2.45) is 5.73 Å². The molecule has 0 bridgehead atoms. The van der Waals surface area contributed by atoms with Crippen LogP contribution in [-0.4, -0.2) is 24.5 Å². The number of hydrogen-bond acceptors (Lipinski definition) is 4. The molecule has 0 spiro atoms. The van der Waals surface area contributed by atoms with Crippen LogP contribution in [0.4, 0.5) is 0 Å². The van der Waals surface area contributed by atoms with Gasteiger partial charge in [0.2, 0.25) is 0 Å². The minimum Gasteiger partial charge on any atom is -0.484 e. The summed E-state index contributed by atoms with van der Waals surface area (Å²) in [4.78, 5) is 22.4. The van der Waals surface area contributed by atoms with Crippen molar-refractivity contribution >= 4 is 11.8 Å². The van der Waals surface area contributed by atoms with E-state index >= 15 is 0 Å². The van der Waals surface area contributed by atoms with Crippen LogP contribution in [0.5, 0.6) is 5.75 Å². The Morgan fingerprint density at radius 3 is 2.44 bits per heavy atom. The first-order valence-corrected chi connectivity index (χ1v) is 5.53. The number of nitrogens with one attached hydrogen (secondary N) is 2. The van der Waals surface area contributed by atoms with E-state index in [9.17, 15) is 9.59 Å². The minimum atomic E-state index is -0.677. The van der Waals surface area contributed by atoms with Gasteiger partial charge in [-0.1, -0.05) is 17.7 Å². The van der Waals surface area contributed by atoms with Gasteiger partial charge in [-0.3, -0.25) is 20.4 Å². The molecule has 18 heavy (non-hydrogen) atoms. The number of carbonyl (C=O) groups is 2. The van der Waals surface area contributed by atoms with Crippen LogP contribution in [0.15, 0.2) is 24.3 Å². The van der Waals surface area contributed by atoms with Crippen molar-refractivity contribution in [1.29, 1.82) is 0 Å². The summed E-state index contributed by atoms with van der Waals surface area (Å²) in [5, 5.41) is 0. The Hall–Kier alpha value is -2.08. The molecule has 0 fully saturated rings. The molecule has 1 unspecified atom stereocenters. The van der Waals surface area contributed by atoms with Crippen molar-refractivity contribution < 1.29 is 14.3 Å². The highest BCUT2D eigenvalue weighted by Crippen LogP contribution is 2.10. The van der Waals surface area contributed by atoms with Crippen LogP contribution in [0.1, 0.15) is 12.5 Å². The molecule has 0 saturated carbocycles. The number of ether oxygens (including phenoxy) is 1. The maximum Gasteiger partial charge on any atom is 0.276 e. The lowest BCUT2D eigenvalue weighted by molar-refractivity contribution is -0.130. The molecule has 0 aliphatic rings. The smallest absolute Gasteiger partial charge is 0.276 e. The van der Waals surface area contributed by atoms with Gasteiger partial charge in [0.15, 0.2) is 6.61 Å². The summed E-state index contributed by atoms with van der Waals surface area (Å²) in [7, 11) is 0. The largest absolute Gasteiger partial charge is 0.484 e. The van der Waals surface area contributed by atoms with Crippen LogP contribution in [0.2, 0.25) is 0 Å². The molecule has 98 valence electrons. The molecular weight excluding hydrogens is 234 g/mol. The van der Waals surface area contributed by atoms with Crippen LogP contribution in [0, 0.1) is 6.92 Å². The molecule has 1 atom stereocenters. The number of benzene rings is 1. The molecule has 0 aliphatic carbocycles. The highest BCUT2D eigenvalue weighted by Gasteiger charge is 2.08. The fourth-order valence-corrected chi connectivity index (χ4v) is 1.06. The van der Waals surface area contributed by atoms with Gasteiger partial charge < -0.3 is 10.5 Å². The lowest BCUT2D eigenvalue weighted by atomic mass is 10.2. The zero-order valence-corrected chi connectivity index (χ0v) is 10.4. The first-order chi connectivity index (χ1) is 8.49. The number of aryl methyl sites for hydroxylation is 1. The third-order valence-electron chi connectivity index (χ3n) is 2.13. The summed E-state index contributed by atoms with van der Waals surface area (Å²) < 4.78 is 5.22. The molecule has 6 heteroatoms. The van der Waals surface area contributed by atoms with Gasteiger partial charge in [-0.25, -0.2) is 0 Å². The molecule has 0 radical (unpaired) electrons. The average molecular weight is 251 g/mol. The van der Waals surface area contributed by atoms with E-state index in [1.807, 2.05) is 19.1 Å². The SMILES string of the molecule is Cc1ccc(OCC(=O)NNC(=O)C(C)N)cc1. The quantitative estimate of drug-likeness (QED) is 0.650. The average Bonchev–Trinajstić information content (AvgIpc) is 2.35. The Labute approximate surface area is 105 Å². The van der Waals surface area contributed by atoms with Gasteiger partial charge in [0.1, 0.15) is 5.75 Å². The summed E-state index contributed by atoms with van der Waals surface area (Å²) in [6.07, 6.45) is 0. The lowest BCUT2D eigenvalue weighted by Gasteiger charge is -2.10. The van der Waals surface area contributed by atoms with E-state index in [4.69, 9.17) is 10.5 Å².